The Bertz CT molecular complexity index is 779. The molecule has 2 aromatic heterocycles. The first-order chi connectivity index (χ1) is 11.2. The molecule has 0 bridgehead atoms. The van der Waals surface area contributed by atoms with Crippen LogP contribution >= 0.6 is 22.7 Å². The topological polar surface area (TPSA) is 68.3 Å². The number of ether oxygens (including phenoxy) is 1. The number of esters is 1. The molecule has 0 aliphatic carbocycles. The fraction of sp³-hybridized carbons (Fsp3) is 0.188. The number of amides is 1. The normalized spacial score (nSPS) is 10.6. The summed E-state index contributed by atoms with van der Waals surface area (Å²) in [5.74, 6) is -0.519. The van der Waals surface area contributed by atoms with E-state index in [-0.39, 0.29) is 31.4 Å². The molecule has 3 aromatic rings. The van der Waals surface area contributed by atoms with Gasteiger partial charge in [-0.3, -0.25) is 9.59 Å². The number of rotatable bonds is 6. The predicted molar refractivity (Wildman–Crippen MR) is 90.7 cm³/mol. The molecule has 0 saturated carbocycles. The Labute approximate surface area is 140 Å². The first-order valence-electron chi connectivity index (χ1n) is 7.04. The van der Waals surface area contributed by atoms with Crippen LogP contribution in [0.4, 0.5) is 0 Å². The number of carbonyl (C=O) groups is 2. The maximum atomic E-state index is 11.7. The highest BCUT2D eigenvalue weighted by Gasteiger charge is 2.09. The zero-order valence-electron chi connectivity index (χ0n) is 12.2. The fourth-order valence-electron chi connectivity index (χ4n) is 1.97. The van der Waals surface area contributed by atoms with Gasteiger partial charge in [-0.05, 0) is 23.6 Å². The number of benzene rings is 1. The molecule has 0 atom stereocenters. The van der Waals surface area contributed by atoms with Gasteiger partial charge in [0.25, 0.3) is 5.91 Å². The van der Waals surface area contributed by atoms with Gasteiger partial charge in [-0.25, -0.2) is 4.98 Å². The Kier molecular flexibility index (Phi) is 4.99. The van der Waals surface area contributed by atoms with Crippen molar-refractivity contribution in [3.8, 4) is 0 Å². The Hall–Kier alpha value is -2.25. The van der Waals surface area contributed by atoms with E-state index in [9.17, 15) is 9.59 Å². The van der Waals surface area contributed by atoms with Crippen molar-refractivity contribution in [3.05, 3.63) is 51.7 Å². The molecule has 0 spiro atoms. The molecule has 2 heterocycles. The minimum absolute atomic E-state index is 0.141. The second-order valence-corrected chi connectivity index (χ2v) is 6.78. The molecule has 0 radical (unpaired) electrons. The summed E-state index contributed by atoms with van der Waals surface area (Å²) in [7, 11) is 0. The van der Waals surface area contributed by atoms with Crippen molar-refractivity contribution in [1.82, 2.24) is 10.3 Å². The molecule has 1 amide bonds. The minimum atomic E-state index is -0.351. The molecule has 23 heavy (non-hydrogen) atoms. The number of nitrogens with one attached hydrogen (secondary N) is 1. The molecule has 1 aromatic carbocycles. The van der Waals surface area contributed by atoms with Crippen LogP contribution < -0.4 is 5.32 Å². The maximum absolute atomic E-state index is 11.7. The van der Waals surface area contributed by atoms with Crippen LogP contribution in [0.3, 0.4) is 0 Å². The monoisotopic (exact) mass is 346 g/mol. The smallest absolute Gasteiger partial charge is 0.307 e. The third-order valence-corrected chi connectivity index (χ3v) is 4.93. The van der Waals surface area contributed by atoms with Crippen LogP contribution in [0.15, 0.2) is 41.8 Å². The number of hydrogen-bond donors (Lipinski definition) is 1. The van der Waals surface area contributed by atoms with Crippen molar-refractivity contribution >= 4 is 44.8 Å². The molecule has 5 nitrogen and oxygen atoms in total. The van der Waals surface area contributed by atoms with Crippen molar-refractivity contribution in [2.24, 2.45) is 0 Å². The average Bonchev–Trinajstić information content (AvgIpc) is 3.21. The van der Waals surface area contributed by atoms with Gasteiger partial charge < -0.3 is 10.1 Å². The number of carbonyl (C=O) groups excluding carboxylic acids is 2. The van der Waals surface area contributed by atoms with Gasteiger partial charge in [-0.1, -0.05) is 18.2 Å². The lowest BCUT2D eigenvalue weighted by Gasteiger charge is -2.04. The number of hydrogen-bond acceptors (Lipinski definition) is 6. The molecular weight excluding hydrogens is 332 g/mol. The second kappa shape index (κ2) is 7.34. The third-order valence-electron chi connectivity index (χ3n) is 3.05. The van der Waals surface area contributed by atoms with E-state index in [1.165, 1.54) is 22.7 Å². The minimum Gasteiger partial charge on any atom is -0.458 e. The average molecular weight is 346 g/mol. The lowest BCUT2D eigenvalue weighted by molar-refractivity contribution is -0.144. The summed E-state index contributed by atoms with van der Waals surface area (Å²) in [6, 6.07) is 11.3. The van der Waals surface area contributed by atoms with Gasteiger partial charge in [0.2, 0.25) is 0 Å². The van der Waals surface area contributed by atoms with Crippen LogP contribution in [0.1, 0.15) is 21.1 Å². The lowest BCUT2D eigenvalue weighted by atomic mass is 10.3. The third kappa shape index (κ3) is 4.14. The number of nitrogens with zero attached hydrogens (tertiary/aromatic N) is 1. The van der Waals surface area contributed by atoms with Gasteiger partial charge in [-0.15, -0.1) is 22.7 Å². The van der Waals surface area contributed by atoms with Crippen LogP contribution in [-0.4, -0.2) is 23.4 Å². The summed E-state index contributed by atoms with van der Waals surface area (Å²) in [6.45, 7) is 0.423. The molecular formula is C16H14N2O3S2. The summed E-state index contributed by atoms with van der Waals surface area (Å²) >= 11 is 2.87. The molecule has 0 saturated heterocycles. The lowest BCUT2D eigenvalue weighted by Crippen LogP contribution is -2.25. The highest BCUT2D eigenvalue weighted by atomic mass is 32.1. The summed E-state index contributed by atoms with van der Waals surface area (Å²) in [4.78, 5) is 28.4. The van der Waals surface area contributed by atoms with E-state index in [0.29, 0.717) is 4.88 Å². The van der Waals surface area contributed by atoms with E-state index in [4.69, 9.17) is 4.74 Å². The van der Waals surface area contributed by atoms with Crippen LogP contribution in [0.25, 0.3) is 10.2 Å². The van der Waals surface area contributed by atoms with Crippen LogP contribution in [0, 0.1) is 0 Å². The van der Waals surface area contributed by atoms with Gasteiger partial charge in [0.1, 0.15) is 11.6 Å². The van der Waals surface area contributed by atoms with Crippen LogP contribution in [0.2, 0.25) is 0 Å². The number of aromatic nitrogens is 1. The van der Waals surface area contributed by atoms with Gasteiger partial charge in [0, 0.05) is 6.54 Å². The SMILES string of the molecule is O=C(CCNC(=O)c1cccs1)OCc1nc2ccccc2s1. The molecule has 0 aliphatic heterocycles. The standard InChI is InChI=1S/C16H14N2O3S2/c19-15(7-8-17-16(20)13-6-3-9-22-13)21-10-14-18-11-4-1-2-5-12(11)23-14/h1-6,9H,7-8,10H2,(H,17,20). The highest BCUT2D eigenvalue weighted by molar-refractivity contribution is 7.18. The van der Waals surface area contributed by atoms with Gasteiger partial charge in [0.15, 0.2) is 0 Å². The van der Waals surface area contributed by atoms with E-state index in [1.807, 2.05) is 35.7 Å². The van der Waals surface area contributed by atoms with E-state index in [2.05, 4.69) is 10.3 Å². The summed E-state index contributed by atoms with van der Waals surface area (Å²) < 4.78 is 6.26. The Balaban J connectivity index is 1.42. The largest absolute Gasteiger partial charge is 0.458 e. The predicted octanol–water partition coefficient (Wildman–Crippen LogP) is 3.22. The van der Waals surface area contributed by atoms with E-state index in [1.54, 1.807) is 6.07 Å². The zero-order chi connectivity index (χ0) is 16.1. The Morgan fingerprint density at radius 3 is 2.83 bits per heavy atom. The van der Waals surface area contributed by atoms with Crippen molar-refractivity contribution in [1.29, 1.82) is 0 Å². The molecule has 7 heteroatoms. The first-order valence-corrected chi connectivity index (χ1v) is 8.74. The van der Waals surface area contributed by atoms with Crippen molar-refractivity contribution in [2.45, 2.75) is 13.0 Å². The van der Waals surface area contributed by atoms with E-state index in [0.717, 1.165) is 15.2 Å². The number of thiazole rings is 1. The molecule has 1 N–H and O–H groups in total. The van der Waals surface area contributed by atoms with E-state index >= 15 is 0 Å². The first kappa shape index (κ1) is 15.6. The summed E-state index contributed by atoms with van der Waals surface area (Å²) in [6.07, 6.45) is 0.141. The quantitative estimate of drug-likeness (QED) is 0.696. The summed E-state index contributed by atoms with van der Waals surface area (Å²) in [5.41, 5.74) is 0.909. The zero-order valence-corrected chi connectivity index (χ0v) is 13.8. The number of para-hydroxylation sites is 1. The molecule has 0 unspecified atom stereocenters. The van der Waals surface area contributed by atoms with Gasteiger partial charge in [0.05, 0.1) is 21.5 Å². The highest BCUT2D eigenvalue weighted by Crippen LogP contribution is 2.22. The molecule has 118 valence electrons. The Morgan fingerprint density at radius 2 is 2.04 bits per heavy atom. The van der Waals surface area contributed by atoms with Gasteiger partial charge >= 0.3 is 5.97 Å². The van der Waals surface area contributed by atoms with Crippen molar-refractivity contribution in [3.63, 3.8) is 0 Å². The second-order valence-electron chi connectivity index (χ2n) is 4.72. The van der Waals surface area contributed by atoms with Gasteiger partial charge in [-0.2, -0.15) is 0 Å². The van der Waals surface area contributed by atoms with Crippen LogP contribution in [0.5, 0.6) is 0 Å². The van der Waals surface area contributed by atoms with E-state index < -0.39 is 0 Å². The number of thiophene rings is 1. The fourth-order valence-corrected chi connectivity index (χ4v) is 3.49. The molecule has 3 rings (SSSR count). The number of fused-ring (bicyclic) bond motifs is 1. The maximum Gasteiger partial charge on any atom is 0.307 e. The van der Waals surface area contributed by atoms with Crippen LogP contribution in [-0.2, 0) is 16.1 Å². The molecule has 0 aliphatic rings. The van der Waals surface area contributed by atoms with Crippen molar-refractivity contribution < 1.29 is 14.3 Å². The summed E-state index contributed by atoms with van der Waals surface area (Å²) in [5, 5.41) is 5.29. The molecule has 0 fully saturated rings. The Morgan fingerprint density at radius 1 is 1.17 bits per heavy atom. The van der Waals surface area contributed by atoms with Crippen molar-refractivity contribution in [2.75, 3.05) is 6.54 Å².